The molecule has 3 aromatic heterocycles. The summed E-state index contributed by atoms with van der Waals surface area (Å²) in [6, 6.07) is 11.0. The molecular weight excluding hydrogens is 618 g/mol. The first kappa shape index (κ1) is 30.1. The minimum atomic E-state index is -1.38. The Hall–Kier alpha value is -4.59. The number of hydrogen-bond acceptors (Lipinski definition) is 9. The van der Waals surface area contributed by atoms with Gasteiger partial charge in [-0.15, -0.1) is 5.10 Å². The maximum absolute atomic E-state index is 16.6. The van der Waals surface area contributed by atoms with E-state index in [0.29, 0.717) is 25.6 Å². The monoisotopic (exact) mass is 646 g/mol. The number of hydrogen-bond donors (Lipinski definition) is 2. The number of amides is 2. The Balaban J connectivity index is 1.21. The number of benzene rings is 1. The van der Waals surface area contributed by atoms with Crippen LogP contribution in [0.15, 0.2) is 61.1 Å². The van der Waals surface area contributed by atoms with Crippen LogP contribution in [0.1, 0.15) is 50.5 Å². The molecule has 7 rings (SSSR count). The lowest BCUT2D eigenvalue weighted by Crippen LogP contribution is -2.57. The van der Waals surface area contributed by atoms with E-state index in [2.05, 4.69) is 30.8 Å². The fourth-order valence-corrected chi connectivity index (χ4v) is 6.46. The maximum atomic E-state index is 16.6. The largest absolute Gasteiger partial charge is 0.378 e. The molecule has 0 unspecified atom stereocenters. The van der Waals surface area contributed by atoms with Crippen molar-refractivity contribution in [1.82, 2.24) is 30.4 Å². The van der Waals surface area contributed by atoms with Crippen LogP contribution in [0.5, 0.6) is 0 Å². The Labute approximate surface area is 268 Å². The summed E-state index contributed by atoms with van der Waals surface area (Å²) in [6.45, 7) is 3.98. The van der Waals surface area contributed by atoms with Crippen molar-refractivity contribution in [3.63, 3.8) is 0 Å². The Bertz CT molecular complexity index is 1800. The molecule has 3 aliphatic heterocycles. The highest BCUT2D eigenvalue weighted by Crippen LogP contribution is 2.44. The highest BCUT2D eigenvalue weighted by Gasteiger charge is 2.47. The molecule has 2 fully saturated rings. The molecule has 4 aromatic rings. The Morgan fingerprint density at radius 2 is 1.96 bits per heavy atom. The zero-order valence-electron chi connectivity index (χ0n) is 24.7. The van der Waals surface area contributed by atoms with Gasteiger partial charge in [-0.1, -0.05) is 29.8 Å². The van der Waals surface area contributed by atoms with Gasteiger partial charge in [0, 0.05) is 61.3 Å². The molecule has 14 heteroatoms. The van der Waals surface area contributed by atoms with Crippen molar-refractivity contribution in [3.8, 4) is 0 Å². The van der Waals surface area contributed by atoms with Crippen molar-refractivity contribution in [3.05, 3.63) is 106 Å². The number of fused-ring (bicyclic) bond motifs is 1. The van der Waals surface area contributed by atoms with Crippen LogP contribution in [0.3, 0.4) is 0 Å². The molecular formula is C32H29ClF2N8O3. The molecule has 3 aliphatic rings. The SMILES string of the molecule is C[C@]1(c2cccc(Cl)c2F)CN(c2ccc([C@@H]3COCCN3)cn2)C(=O)c2cnc(NC3CN(C(=O)c4cccnn4)C3)c(F)c21. The molecule has 6 heterocycles. The average molecular weight is 647 g/mol. The third kappa shape index (κ3) is 5.23. The predicted molar refractivity (Wildman–Crippen MR) is 165 cm³/mol. The van der Waals surface area contributed by atoms with Gasteiger partial charge in [-0.2, -0.15) is 5.10 Å². The van der Waals surface area contributed by atoms with Crippen LogP contribution in [-0.2, 0) is 10.2 Å². The number of aromatic nitrogens is 4. The molecule has 2 amide bonds. The average Bonchev–Trinajstić information content (AvgIpc) is 3.06. The number of rotatable bonds is 6. The number of nitrogens with one attached hydrogen (secondary N) is 2. The van der Waals surface area contributed by atoms with Gasteiger partial charge in [-0.25, -0.2) is 18.7 Å². The normalized spacial score (nSPS) is 21.5. The first-order valence-electron chi connectivity index (χ1n) is 14.8. The molecule has 0 saturated carbocycles. The van der Waals surface area contributed by atoms with Gasteiger partial charge >= 0.3 is 0 Å². The Kier molecular flexibility index (Phi) is 7.83. The smallest absolute Gasteiger partial charge is 0.274 e. The van der Waals surface area contributed by atoms with E-state index in [1.165, 1.54) is 23.4 Å². The molecule has 236 valence electrons. The van der Waals surface area contributed by atoms with Crippen LogP contribution in [0, 0.1) is 11.6 Å². The predicted octanol–water partition coefficient (Wildman–Crippen LogP) is 3.76. The number of nitrogens with zero attached hydrogens (tertiary/aromatic N) is 6. The van der Waals surface area contributed by atoms with Crippen molar-refractivity contribution < 1.29 is 23.1 Å². The van der Waals surface area contributed by atoms with E-state index in [-0.39, 0.29) is 70.8 Å². The van der Waals surface area contributed by atoms with Crippen molar-refractivity contribution in [2.45, 2.75) is 24.4 Å². The van der Waals surface area contributed by atoms with Gasteiger partial charge in [-0.3, -0.25) is 14.5 Å². The summed E-state index contributed by atoms with van der Waals surface area (Å²) < 4.78 is 37.8. The van der Waals surface area contributed by atoms with Crippen molar-refractivity contribution in [1.29, 1.82) is 0 Å². The van der Waals surface area contributed by atoms with Crippen LogP contribution in [0.25, 0.3) is 0 Å². The molecule has 0 radical (unpaired) electrons. The quantitative estimate of drug-likeness (QED) is 0.322. The van der Waals surface area contributed by atoms with Crippen molar-refractivity contribution >= 4 is 35.1 Å². The van der Waals surface area contributed by atoms with E-state index in [1.807, 2.05) is 6.07 Å². The van der Waals surface area contributed by atoms with E-state index in [9.17, 15) is 9.59 Å². The number of halogens is 3. The molecule has 0 aliphatic carbocycles. The lowest BCUT2D eigenvalue weighted by Gasteiger charge is -2.43. The standard InChI is InChI=1S/C32H29ClF2N8O3/c1-32(21-4-2-5-22(33)27(21)34)17-43(25-8-7-18(12-37-25)24-16-46-11-10-36-24)30(44)20-13-38-29(28(35)26(20)32)40-19-14-42(15-19)31(45)23-6-3-9-39-41-23/h2-9,12-13,19,24,36H,10-11,14-17H2,1H3,(H,38,40)/t24-,32+/m0/s1. The fraction of sp³-hybridized carbons (Fsp3) is 0.312. The van der Waals surface area contributed by atoms with E-state index in [1.54, 1.807) is 48.4 Å². The number of pyridine rings is 2. The van der Waals surface area contributed by atoms with Crippen LogP contribution in [-0.4, -0.2) is 82.3 Å². The molecule has 46 heavy (non-hydrogen) atoms. The first-order valence-corrected chi connectivity index (χ1v) is 15.2. The zero-order chi connectivity index (χ0) is 32.0. The first-order chi connectivity index (χ1) is 22.2. The van der Waals surface area contributed by atoms with Crippen LogP contribution in [0.4, 0.5) is 20.4 Å². The number of morpholine rings is 1. The van der Waals surface area contributed by atoms with Gasteiger partial charge < -0.3 is 20.3 Å². The fourth-order valence-electron chi connectivity index (χ4n) is 6.29. The molecule has 2 N–H and O–H groups in total. The van der Waals surface area contributed by atoms with Crippen LogP contribution in [0.2, 0.25) is 5.02 Å². The molecule has 2 saturated heterocycles. The van der Waals surface area contributed by atoms with E-state index < -0.39 is 23.0 Å². The van der Waals surface area contributed by atoms with Crippen LogP contribution < -0.4 is 15.5 Å². The van der Waals surface area contributed by atoms with E-state index in [0.717, 1.165) is 5.56 Å². The summed E-state index contributed by atoms with van der Waals surface area (Å²) in [5.41, 5.74) is -0.163. The van der Waals surface area contributed by atoms with E-state index >= 15 is 8.78 Å². The number of carbonyl (C=O) groups excluding carboxylic acids is 2. The van der Waals surface area contributed by atoms with Gasteiger partial charge in [0.15, 0.2) is 17.3 Å². The number of likely N-dealkylation sites (tertiary alicyclic amines) is 1. The van der Waals surface area contributed by atoms with Gasteiger partial charge in [0.05, 0.1) is 35.9 Å². The third-order valence-corrected chi connectivity index (χ3v) is 9.03. The second kappa shape index (κ2) is 12.0. The van der Waals surface area contributed by atoms with Gasteiger partial charge in [-0.05, 0) is 36.8 Å². The van der Waals surface area contributed by atoms with Crippen molar-refractivity contribution in [2.75, 3.05) is 49.6 Å². The molecule has 0 bridgehead atoms. The zero-order valence-corrected chi connectivity index (χ0v) is 25.5. The number of ether oxygens (including phenoxy) is 1. The number of carbonyl (C=O) groups is 2. The minimum Gasteiger partial charge on any atom is -0.378 e. The summed E-state index contributed by atoms with van der Waals surface area (Å²) in [7, 11) is 0. The topological polar surface area (TPSA) is 125 Å². The van der Waals surface area contributed by atoms with E-state index in [4.69, 9.17) is 16.3 Å². The molecule has 11 nitrogen and oxygen atoms in total. The number of anilines is 2. The summed E-state index contributed by atoms with van der Waals surface area (Å²) >= 11 is 6.20. The van der Waals surface area contributed by atoms with Gasteiger partial charge in [0.2, 0.25) is 0 Å². The van der Waals surface area contributed by atoms with Gasteiger partial charge in [0.1, 0.15) is 11.6 Å². The summed E-state index contributed by atoms with van der Waals surface area (Å²) in [6.07, 6.45) is 4.45. The summed E-state index contributed by atoms with van der Waals surface area (Å²) in [5.74, 6) is -2.06. The third-order valence-electron chi connectivity index (χ3n) is 8.74. The lowest BCUT2D eigenvalue weighted by molar-refractivity contribution is 0.0617. The maximum Gasteiger partial charge on any atom is 0.274 e. The summed E-state index contributed by atoms with van der Waals surface area (Å²) in [4.78, 5) is 38.4. The molecule has 1 aromatic carbocycles. The minimum absolute atomic E-state index is 0.000549. The van der Waals surface area contributed by atoms with Crippen molar-refractivity contribution in [2.24, 2.45) is 0 Å². The Morgan fingerprint density at radius 3 is 2.67 bits per heavy atom. The lowest BCUT2D eigenvalue weighted by atomic mass is 9.71. The highest BCUT2D eigenvalue weighted by atomic mass is 35.5. The molecule has 2 atom stereocenters. The summed E-state index contributed by atoms with van der Waals surface area (Å²) in [5, 5.41) is 13.9. The Morgan fingerprint density at radius 1 is 1.11 bits per heavy atom. The van der Waals surface area contributed by atoms with Gasteiger partial charge in [0.25, 0.3) is 11.8 Å². The second-order valence-electron chi connectivity index (χ2n) is 11.7. The second-order valence-corrected chi connectivity index (χ2v) is 12.1. The van der Waals surface area contributed by atoms with Crippen LogP contribution >= 0.6 is 11.6 Å². The molecule has 0 spiro atoms. The highest BCUT2D eigenvalue weighted by molar-refractivity contribution is 6.30.